The van der Waals surface area contributed by atoms with Gasteiger partial charge in [-0.2, -0.15) is 0 Å². The van der Waals surface area contributed by atoms with E-state index >= 15 is 0 Å². The minimum Gasteiger partial charge on any atom is -0.358 e. The molecule has 0 aromatic heterocycles. The number of carbonyl (C=O) groups is 1. The van der Waals surface area contributed by atoms with Crippen LogP contribution in [0, 0.1) is 0 Å². The van der Waals surface area contributed by atoms with Crippen LogP contribution in [0.25, 0.3) is 0 Å². The highest BCUT2D eigenvalue weighted by Gasteiger charge is 2.22. The first-order chi connectivity index (χ1) is 10.1. The summed E-state index contributed by atoms with van der Waals surface area (Å²) in [5.74, 6) is 0.0397. The number of carbonyl (C=O) groups excluding carboxylic acids is 1. The molecule has 2 atom stereocenters. The summed E-state index contributed by atoms with van der Waals surface area (Å²) in [5.41, 5.74) is 1.12. The molecule has 21 heavy (non-hydrogen) atoms. The van der Waals surface area contributed by atoms with Crippen molar-refractivity contribution in [1.29, 1.82) is 0 Å². The van der Waals surface area contributed by atoms with E-state index in [9.17, 15) is 4.79 Å². The van der Waals surface area contributed by atoms with Gasteiger partial charge in [0.1, 0.15) is 4.32 Å². The Bertz CT molecular complexity index is 486. The van der Waals surface area contributed by atoms with Gasteiger partial charge in [-0.05, 0) is 32.3 Å². The number of likely N-dealkylation sites (tertiary alicyclic amines) is 1. The predicted molar refractivity (Wildman–Crippen MR) is 93.5 cm³/mol. The fraction of sp³-hybridized carbons (Fsp3) is 0.500. The normalized spacial score (nSPS) is 17.3. The van der Waals surface area contributed by atoms with Gasteiger partial charge >= 0.3 is 0 Å². The van der Waals surface area contributed by atoms with E-state index in [1.54, 1.807) is 0 Å². The lowest BCUT2D eigenvalue weighted by atomic mass is 10.1. The van der Waals surface area contributed by atoms with E-state index < -0.39 is 0 Å². The molecule has 1 aromatic rings. The summed E-state index contributed by atoms with van der Waals surface area (Å²) in [7, 11) is 0. The third kappa shape index (κ3) is 4.71. The number of hydrogen-bond acceptors (Lipinski definition) is 3. The Hall–Kier alpha value is -1.07. The largest absolute Gasteiger partial charge is 0.358 e. The summed E-state index contributed by atoms with van der Waals surface area (Å²) in [6.45, 7) is 5.98. The molecule has 0 aliphatic carbocycles. The molecule has 0 saturated carbocycles. The molecule has 1 heterocycles. The summed E-state index contributed by atoms with van der Waals surface area (Å²) in [6.07, 6.45) is 2.40. The van der Waals surface area contributed by atoms with Crippen molar-refractivity contribution in [3.8, 4) is 0 Å². The second-order valence-corrected chi connectivity index (χ2v) is 7.34. The molecule has 1 fully saturated rings. The molecule has 3 nitrogen and oxygen atoms in total. The molecule has 1 aromatic carbocycles. The lowest BCUT2D eigenvalue weighted by Crippen LogP contribution is -2.35. The number of rotatable bonds is 4. The van der Waals surface area contributed by atoms with Crippen LogP contribution in [0.3, 0.4) is 0 Å². The van der Waals surface area contributed by atoms with Gasteiger partial charge in [-0.15, -0.1) is 0 Å². The van der Waals surface area contributed by atoms with E-state index in [0.29, 0.717) is 0 Å². The van der Waals surface area contributed by atoms with E-state index in [-0.39, 0.29) is 17.2 Å². The van der Waals surface area contributed by atoms with Gasteiger partial charge in [0, 0.05) is 13.1 Å². The third-order valence-corrected chi connectivity index (χ3v) is 5.24. The Kier molecular flexibility index (Phi) is 6.06. The second kappa shape index (κ2) is 7.80. The van der Waals surface area contributed by atoms with Crippen molar-refractivity contribution in [3.63, 3.8) is 0 Å². The molecule has 0 radical (unpaired) electrons. The van der Waals surface area contributed by atoms with Crippen molar-refractivity contribution in [2.24, 2.45) is 0 Å². The Morgan fingerprint density at radius 1 is 1.24 bits per heavy atom. The summed E-state index contributed by atoms with van der Waals surface area (Å²) in [6, 6.07) is 10.0. The smallest absolute Gasteiger partial charge is 0.233 e. The minimum absolute atomic E-state index is 0.0158. The molecule has 2 unspecified atom stereocenters. The first-order valence-corrected chi connectivity index (χ1v) is 8.67. The Morgan fingerprint density at radius 2 is 1.86 bits per heavy atom. The number of nitrogens with one attached hydrogen (secondary N) is 1. The summed E-state index contributed by atoms with van der Waals surface area (Å²) in [5, 5.41) is 2.89. The average Bonchev–Trinajstić information content (AvgIpc) is 3.02. The Morgan fingerprint density at radius 3 is 2.48 bits per heavy atom. The molecule has 2 rings (SSSR count). The van der Waals surface area contributed by atoms with Crippen molar-refractivity contribution in [1.82, 2.24) is 10.2 Å². The highest BCUT2D eigenvalue weighted by Crippen LogP contribution is 2.21. The van der Waals surface area contributed by atoms with E-state index in [0.717, 1.165) is 23.0 Å². The first-order valence-electron chi connectivity index (χ1n) is 7.39. The number of thiocarbonyl (C=S) groups is 1. The molecule has 0 spiro atoms. The summed E-state index contributed by atoms with van der Waals surface area (Å²) >= 11 is 6.91. The van der Waals surface area contributed by atoms with Crippen LogP contribution in [0.1, 0.15) is 38.3 Å². The molecular formula is C16H22N2OS2. The lowest BCUT2D eigenvalue weighted by molar-refractivity contribution is -0.120. The Labute approximate surface area is 136 Å². The van der Waals surface area contributed by atoms with Crippen LogP contribution in [0.4, 0.5) is 0 Å². The van der Waals surface area contributed by atoms with Crippen molar-refractivity contribution in [2.75, 3.05) is 13.1 Å². The summed E-state index contributed by atoms with van der Waals surface area (Å²) < 4.78 is 0.850. The molecule has 5 heteroatoms. The standard InChI is InChI=1S/C16H22N2OS2/c1-12(14-8-4-3-5-9-14)17-15(19)13(2)21-16(20)18-10-6-7-11-18/h3-5,8-9,12-13H,6-7,10-11H2,1-2H3,(H,17,19). The van der Waals surface area contributed by atoms with Gasteiger partial charge in [0.15, 0.2) is 0 Å². The van der Waals surface area contributed by atoms with Crippen LogP contribution >= 0.6 is 24.0 Å². The van der Waals surface area contributed by atoms with E-state index in [4.69, 9.17) is 12.2 Å². The zero-order chi connectivity index (χ0) is 15.2. The molecule has 1 amide bonds. The van der Waals surface area contributed by atoms with Crippen molar-refractivity contribution < 1.29 is 4.79 Å². The number of thioether (sulfide) groups is 1. The van der Waals surface area contributed by atoms with Crippen LogP contribution < -0.4 is 5.32 Å². The quantitative estimate of drug-likeness (QED) is 0.862. The minimum atomic E-state index is -0.163. The molecule has 114 valence electrons. The molecule has 1 aliphatic heterocycles. The molecule has 0 bridgehead atoms. The van der Waals surface area contributed by atoms with Gasteiger partial charge in [0.05, 0.1) is 11.3 Å². The van der Waals surface area contributed by atoms with Crippen LogP contribution in [0.15, 0.2) is 30.3 Å². The maximum atomic E-state index is 12.3. The van der Waals surface area contributed by atoms with Gasteiger partial charge in [0.2, 0.25) is 5.91 Å². The van der Waals surface area contributed by atoms with Crippen LogP contribution in [0.5, 0.6) is 0 Å². The molecule has 1 N–H and O–H groups in total. The van der Waals surface area contributed by atoms with Crippen molar-refractivity contribution >= 4 is 34.2 Å². The highest BCUT2D eigenvalue weighted by atomic mass is 32.2. The maximum Gasteiger partial charge on any atom is 0.233 e. The van der Waals surface area contributed by atoms with Gasteiger partial charge < -0.3 is 10.2 Å². The van der Waals surface area contributed by atoms with Crippen LogP contribution in [0.2, 0.25) is 0 Å². The fourth-order valence-electron chi connectivity index (χ4n) is 2.33. The third-order valence-electron chi connectivity index (χ3n) is 3.67. The van der Waals surface area contributed by atoms with Gasteiger partial charge in [-0.25, -0.2) is 0 Å². The van der Waals surface area contributed by atoms with Crippen LogP contribution in [-0.2, 0) is 4.79 Å². The van der Waals surface area contributed by atoms with Crippen LogP contribution in [-0.4, -0.2) is 33.5 Å². The lowest BCUT2D eigenvalue weighted by Gasteiger charge is -2.22. The van der Waals surface area contributed by atoms with Gasteiger partial charge in [-0.3, -0.25) is 4.79 Å². The van der Waals surface area contributed by atoms with Crippen molar-refractivity contribution in [3.05, 3.63) is 35.9 Å². The predicted octanol–water partition coefficient (Wildman–Crippen LogP) is 3.37. The molecule has 1 saturated heterocycles. The maximum absolute atomic E-state index is 12.3. The topological polar surface area (TPSA) is 32.3 Å². The Balaban J connectivity index is 1.83. The highest BCUT2D eigenvalue weighted by molar-refractivity contribution is 8.23. The van der Waals surface area contributed by atoms with E-state index in [2.05, 4.69) is 10.2 Å². The zero-order valence-corrected chi connectivity index (χ0v) is 14.2. The fourth-order valence-corrected chi connectivity index (χ4v) is 3.76. The molecular weight excluding hydrogens is 300 g/mol. The number of nitrogens with zero attached hydrogens (tertiary/aromatic N) is 1. The van der Waals surface area contributed by atoms with Gasteiger partial charge in [0.25, 0.3) is 0 Å². The van der Waals surface area contributed by atoms with Gasteiger partial charge in [-0.1, -0.05) is 54.3 Å². The second-order valence-electron chi connectivity index (χ2n) is 5.36. The summed E-state index contributed by atoms with van der Waals surface area (Å²) in [4.78, 5) is 14.5. The molecule has 1 aliphatic rings. The monoisotopic (exact) mass is 322 g/mol. The van der Waals surface area contributed by atoms with E-state index in [1.807, 2.05) is 44.2 Å². The first kappa shape index (κ1) is 16.3. The number of benzene rings is 1. The SMILES string of the molecule is CC(SC(=S)N1CCCC1)C(=O)NC(C)c1ccccc1. The van der Waals surface area contributed by atoms with Crippen molar-refractivity contribution in [2.45, 2.75) is 38.0 Å². The average molecular weight is 322 g/mol. The zero-order valence-electron chi connectivity index (χ0n) is 12.5. The number of amides is 1. The van der Waals surface area contributed by atoms with E-state index in [1.165, 1.54) is 24.6 Å². The number of hydrogen-bond donors (Lipinski definition) is 1.